The molecule has 1 atom stereocenters. The molecule has 0 spiro atoms. The molecule has 0 saturated carbocycles. The van der Waals surface area contributed by atoms with Gasteiger partial charge in [-0.3, -0.25) is 9.59 Å². The number of likely N-dealkylation sites (tertiary alicyclic amines) is 1. The van der Waals surface area contributed by atoms with Crippen molar-refractivity contribution in [3.05, 3.63) is 35.4 Å². The highest BCUT2D eigenvalue weighted by atomic mass is 32.2. The second-order valence-corrected chi connectivity index (χ2v) is 9.80. The number of hydrogen-bond acceptors (Lipinski definition) is 4. The molecule has 0 radical (unpaired) electrons. The Kier molecular flexibility index (Phi) is 6.24. The molecule has 1 aliphatic rings. The second-order valence-electron chi connectivity index (χ2n) is 7.96. The lowest BCUT2D eigenvalue weighted by Crippen LogP contribution is -2.46. The van der Waals surface area contributed by atoms with E-state index in [9.17, 15) is 18.0 Å². The summed E-state index contributed by atoms with van der Waals surface area (Å²) in [5, 5.41) is 0. The van der Waals surface area contributed by atoms with Crippen molar-refractivity contribution in [3.8, 4) is 0 Å². The maximum atomic E-state index is 12.8. The molecule has 0 aromatic heterocycles. The summed E-state index contributed by atoms with van der Waals surface area (Å²) in [6, 6.07) is 7.67. The number of ketones is 1. The number of sulfonamides is 1. The Morgan fingerprint density at radius 1 is 1.19 bits per heavy atom. The molecule has 1 amide bonds. The average molecular weight is 381 g/mol. The van der Waals surface area contributed by atoms with Gasteiger partial charge in [0.15, 0.2) is 5.78 Å². The molecule has 144 valence electrons. The summed E-state index contributed by atoms with van der Waals surface area (Å²) in [6.07, 6.45) is 2.49. The number of nitrogens with one attached hydrogen (secondary N) is 1. The Labute approximate surface area is 156 Å². The molecular weight excluding hydrogens is 352 g/mol. The lowest BCUT2D eigenvalue weighted by atomic mass is 9.85. The van der Waals surface area contributed by atoms with Gasteiger partial charge in [-0.15, -0.1) is 0 Å². The van der Waals surface area contributed by atoms with Gasteiger partial charge in [-0.1, -0.05) is 45.0 Å². The number of Topliss-reactive ketones (excluding diaryl/α,β-unsaturated/α-hetero) is 1. The minimum atomic E-state index is -3.41. The highest BCUT2D eigenvalue weighted by Gasteiger charge is 2.29. The number of benzene rings is 1. The first-order valence-corrected chi connectivity index (χ1v) is 10.7. The van der Waals surface area contributed by atoms with E-state index in [1.54, 1.807) is 4.90 Å². The molecule has 1 aromatic rings. The number of amides is 1. The van der Waals surface area contributed by atoms with Crippen LogP contribution in [0.4, 0.5) is 0 Å². The van der Waals surface area contributed by atoms with Crippen molar-refractivity contribution in [2.24, 2.45) is 5.92 Å². The van der Waals surface area contributed by atoms with E-state index >= 15 is 0 Å². The minimum absolute atomic E-state index is 0.0300. The van der Waals surface area contributed by atoms with Crippen LogP contribution in [-0.4, -0.2) is 50.9 Å². The zero-order chi connectivity index (χ0) is 19.5. The summed E-state index contributed by atoms with van der Waals surface area (Å²) < 4.78 is 24.5. The molecule has 0 aliphatic carbocycles. The van der Waals surface area contributed by atoms with Crippen LogP contribution >= 0.6 is 0 Å². The van der Waals surface area contributed by atoms with Crippen molar-refractivity contribution in [3.63, 3.8) is 0 Å². The highest BCUT2D eigenvalue weighted by Crippen LogP contribution is 2.25. The Morgan fingerprint density at radius 2 is 1.81 bits per heavy atom. The molecule has 1 aliphatic heterocycles. The van der Waals surface area contributed by atoms with E-state index < -0.39 is 10.0 Å². The lowest BCUT2D eigenvalue weighted by Gasteiger charge is -2.32. The van der Waals surface area contributed by atoms with Gasteiger partial charge in [-0.25, -0.2) is 13.1 Å². The standard InChI is InChI=1S/C19H28N2O4S/c1-19(2,3)16-9-7-14(8-10-16)18(23)15-6-5-11-21(13-15)17(22)12-20-26(4,24)25/h7-10,15,20H,5-6,11-13H2,1-4H3. The first-order chi connectivity index (χ1) is 12.0. The van der Waals surface area contributed by atoms with Crippen LogP contribution in [0.25, 0.3) is 0 Å². The molecule has 7 heteroatoms. The van der Waals surface area contributed by atoms with E-state index in [1.165, 1.54) is 5.56 Å². The number of hydrogen-bond donors (Lipinski definition) is 1. The fourth-order valence-electron chi connectivity index (χ4n) is 3.09. The third-order valence-corrected chi connectivity index (χ3v) is 5.33. The largest absolute Gasteiger partial charge is 0.341 e. The van der Waals surface area contributed by atoms with Gasteiger partial charge >= 0.3 is 0 Å². The van der Waals surface area contributed by atoms with Crippen LogP contribution in [0.2, 0.25) is 0 Å². The van der Waals surface area contributed by atoms with Crippen LogP contribution in [0, 0.1) is 5.92 Å². The topological polar surface area (TPSA) is 83.6 Å². The normalized spacial score (nSPS) is 18.6. The third-order valence-electron chi connectivity index (χ3n) is 4.67. The van der Waals surface area contributed by atoms with Gasteiger partial charge < -0.3 is 4.90 Å². The van der Waals surface area contributed by atoms with Gasteiger partial charge in [0.25, 0.3) is 0 Å². The molecule has 1 fully saturated rings. The number of carbonyl (C=O) groups is 2. The van der Waals surface area contributed by atoms with Crippen LogP contribution in [0.1, 0.15) is 49.5 Å². The van der Waals surface area contributed by atoms with E-state index in [4.69, 9.17) is 0 Å². The average Bonchev–Trinajstić information content (AvgIpc) is 2.58. The second kappa shape index (κ2) is 7.88. The molecule has 26 heavy (non-hydrogen) atoms. The van der Waals surface area contributed by atoms with Crippen molar-refractivity contribution in [1.29, 1.82) is 0 Å². The monoisotopic (exact) mass is 380 g/mol. The van der Waals surface area contributed by atoms with E-state index in [-0.39, 0.29) is 29.6 Å². The molecule has 0 bridgehead atoms. The van der Waals surface area contributed by atoms with E-state index in [0.29, 0.717) is 18.7 Å². The Balaban J connectivity index is 2.02. The van der Waals surface area contributed by atoms with Crippen molar-refractivity contribution in [2.75, 3.05) is 25.9 Å². The molecule has 6 nitrogen and oxygen atoms in total. The highest BCUT2D eigenvalue weighted by molar-refractivity contribution is 7.88. The maximum absolute atomic E-state index is 12.8. The van der Waals surface area contributed by atoms with Gasteiger partial charge in [0.05, 0.1) is 12.8 Å². The molecule has 1 aromatic carbocycles. The Morgan fingerprint density at radius 3 is 2.35 bits per heavy atom. The van der Waals surface area contributed by atoms with E-state index in [1.807, 2.05) is 24.3 Å². The van der Waals surface area contributed by atoms with Crippen LogP contribution in [-0.2, 0) is 20.2 Å². The van der Waals surface area contributed by atoms with Gasteiger partial charge in [-0.05, 0) is 23.8 Å². The smallest absolute Gasteiger partial charge is 0.237 e. The van der Waals surface area contributed by atoms with Gasteiger partial charge in [0.2, 0.25) is 15.9 Å². The quantitative estimate of drug-likeness (QED) is 0.792. The minimum Gasteiger partial charge on any atom is -0.341 e. The van der Waals surface area contributed by atoms with Crippen molar-refractivity contribution < 1.29 is 18.0 Å². The lowest BCUT2D eigenvalue weighted by molar-refractivity contribution is -0.131. The summed E-state index contributed by atoms with van der Waals surface area (Å²) in [7, 11) is -3.41. The SMILES string of the molecule is CC(C)(C)c1ccc(C(=O)C2CCCN(C(=O)CNS(C)(=O)=O)C2)cc1. The summed E-state index contributed by atoms with van der Waals surface area (Å²) in [5.74, 6) is -0.499. The van der Waals surface area contributed by atoms with Gasteiger partial charge in [-0.2, -0.15) is 0 Å². The first-order valence-electron chi connectivity index (χ1n) is 8.84. The summed E-state index contributed by atoms with van der Waals surface area (Å²) >= 11 is 0. The molecule has 2 rings (SSSR count). The van der Waals surface area contributed by atoms with Crippen molar-refractivity contribution >= 4 is 21.7 Å². The third kappa shape index (κ3) is 5.64. The molecule has 1 N–H and O–H groups in total. The van der Waals surface area contributed by atoms with E-state index in [0.717, 1.165) is 19.1 Å². The van der Waals surface area contributed by atoms with E-state index in [2.05, 4.69) is 25.5 Å². The van der Waals surface area contributed by atoms with Crippen LogP contribution < -0.4 is 4.72 Å². The number of nitrogens with zero attached hydrogens (tertiary/aromatic N) is 1. The maximum Gasteiger partial charge on any atom is 0.237 e. The molecule has 1 saturated heterocycles. The fraction of sp³-hybridized carbons (Fsp3) is 0.579. The summed E-state index contributed by atoms with van der Waals surface area (Å²) in [5.41, 5.74) is 1.86. The summed E-state index contributed by atoms with van der Waals surface area (Å²) in [6.45, 7) is 7.00. The predicted molar refractivity (Wildman–Crippen MR) is 102 cm³/mol. The predicted octanol–water partition coefficient (Wildman–Crippen LogP) is 1.95. The number of carbonyl (C=O) groups excluding carboxylic acids is 2. The van der Waals surface area contributed by atoms with Crippen LogP contribution in [0.5, 0.6) is 0 Å². The fourth-order valence-corrected chi connectivity index (χ4v) is 3.48. The van der Waals surface area contributed by atoms with Crippen LogP contribution in [0.15, 0.2) is 24.3 Å². The number of piperidine rings is 1. The van der Waals surface area contributed by atoms with Gasteiger partial charge in [0.1, 0.15) is 0 Å². The molecule has 1 heterocycles. The molecular formula is C19H28N2O4S. The number of rotatable bonds is 5. The van der Waals surface area contributed by atoms with Crippen molar-refractivity contribution in [1.82, 2.24) is 9.62 Å². The zero-order valence-corrected chi connectivity index (χ0v) is 16.7. The van der Waals surface area contributed by atoms with Gasteiger partial charge in [0, 0.05) is 24.6 Å². The Hall–Kier alpha value is -1.73. The first kappa shape index (κ1) is 20.6. The summed E-state index contributed by atoms with van der Waals surface area (Å²) in [4.78, 5) is 26.6. The van der Waals surface area contributed by atoms with Crippen LogP contribution in [0.3, 0.4) is 0 Å². The molecule has 1 unspecified atom stereocenters. The van der Waals surface area contributed by atoms with Crippen molar-refractivity contribution in [2.45, 2.75) is 39.0 Å². The Bertz CT molecular complexity index is 764. The zero-order valence-electron chi connectivity index (χ0n) is 15.9.